The fraction of sp³-hybridized carbons (Fsp3) is 0.882. The molecule has 0 aromatic carbocycles. The van der Waals surface area contributed by atoms with E-state index in [1.807, 2.05) is 41.5 Å². The predicted octanol–water partition coefficient (Wildman–Crippen LogP) is 2.56. The van der Waals surface area contributed by atoms with Gasteiger partial charge in [-0.25, -0.2) is 4.79 Å². The lowest BCUT2D eigenvalue weighted by Crippen LogP contribution is -2.42. The van der Waals surface area contributed by atoms with E-state index >= 15 is 0 Å². The quantitative estimate of drug-likeness (QED) is 0.803. The number of rotatable bonds is 4. The molecule has 0 radical (unpaired) electrons. The Kier molecular flexibility index (Phi) is 6.45. The highest BCUT2D eigenvalue weighted by Crippen LogP contribution is 2.19. The maximum absolute atomic E-state index is 12.0. The van der Waals surface area contributed by atoms with Crippen molar-refractivity contribution in [2.24, 2.45) is 5.92 Å². The normalized spacial score (nSPS) is 20.3. The fourth-order valence-electron chi connectivity index (χ4n) is 2.31. The molecular formula is C17H32N2O4. The maximum atomic E-state index is 12.0. The Balaban J connectivity index is 2.35. The number of hydrogen-bond donors (Lipinski definition) is 1. The SMILES string of the molecule is CC(NCC1CCN(C(=O)OC(C)(C)C)C1)C(=O)OC(C)(C)C. The standard InChI is InChI=1S/C17H32N2O4/c1-12(14(20)22-16(2,3)4)18-10-13-8-9-19(11-13)15(21)23-17(5,6)7/h12-13,18H,8-11H2,1-7H3. The molecule has 0 aliphatic carbocycles. The van der Waals surface area contributed by atoms with Gasteiger partial charge >= 0.3 is 12.1 Å². The molecule has 0 aromatic heterocycles. The van der Waals surface area contributed by atoms with Gasteiger partial charge in [0.25, 0.3) is 0 Å². The van der Waals surface area contributed by atoms with E-state index in [-0.39, 0.29) is 18.1 Å². The molecule has 0 spiro atoms. The molecule has 1 fully saturated rings. The van der Waals surface area contributed by atoms with Crippen molar-refractivity contribution in [2.75, 3.05) is 19.6 Å². The summed E-state index contributed by atoms with van der Waals surface area (Å²) in [4.78, 5) is 25.7. The van der Waals surface area contributed by atoms with Crippen LogP contribution in [0.1, 0.15) is 54.9 Å². The number of esters is 1. The second kappa shape index (κ2) is 7.51. The number of hydrogen-bond acceptors (Lipinski definition) is 5. The topological polar surface area (TPSA) is 67.9 Å². The van der Waals surface area contributed by atoms with Gasteiger partial charge in [-0.2, -0.15) is 0 Å². The number of ether oxygens (including phenoxy) is 2. The van der Waals surface area contributed by atoms with Crippen LogP contribution in [-0.4, -0.2) is 53.8 Å². The van der Waals surface area contributed by atoms with Gasteiger partial charge in [-0.05, 0) is 60.8 Å². The molecule has 0 bridgehead atoms. The van der Waals surface area contributed by atoms with Crippen molar-refractivity contribution in [2.45, 2.75) is 72.1 Å². The fourth-order valence-corrected chi connectivity index (χ4v) is 2.31. The maximum Gasteiger partial charge on any atom is 0.410 e. The summed E-state index contributed by atoms with van der Waals surface area (Å²) >= 11 is 0. The number of nitrogens with zero attached hydrogens (tertiary/aromatic N) is 1. The number of likely N-dealkylation sites (tertiary alicyclic amines) is 1. The summed E-state index contributed by atoms with van der Waals surface area (Å²) in [6, 6.07) is -0.357. The van der Waals surface area contributed by atoms with E-state index in [0.29, 0.717) is 25.6 Å². The first-order chi connectivity index (χ1) is 10.4. The van der Waals surface area contributed by atoms with E-state index in [9.17, 15) is 9.59 Å². The minimum absolute atomic E-state index is 0.250. The van der Waals surface area contributed by atoms with Crippen LogP contribution in [0, 0.1) is 5.92 Å². The van der Waals surface area contributed by atoms with E-state index in [2.05, 4.69) is 5.32 Å². The number of nitrogens with one attached hydrogen (secondary N) is 1. The summed E-state index contributed by atoms with van der Waals surface area (Å²) in [5.41, 5.74) is -0.952. The number of carbonyl (C=O) groups excluding carboxylic acids is 2. The first-order valence-corrected chi connectivity index (χ1v) is 8.31. The molecule has 6 heteroatoms. The highest BCUT2D eigenvalue weighted by molar-refractivity contribution is 5.75. The number of carbonyl (C=O) groups is 2. The molecule has 1 rings (SSSR count). The van der Waals surface area contributed by atoms with Gasteiger partial charge in [-0.15, -0.1) is 0 Å². The molecule has 1 heterocycles. The molecule has 1 aliphatic heterocycles. The van der Waals surface area contributed by atoms with Crippen LogP contribution in [-0.2, 0) is 14.3 Å². The largest absolute Gasteiger partial charge is 0.459 e. The molecule has 1 N–H and O–H groups in total. The van der Waals surface area contributed by atoms with Crippen LogP contribution >= 0.6 is 0 Å². The lowest BCUT2D eigenvalue weighted by molar-refractivity contribution is -0.157. The van der Waals surface area contributed by atoms with Crippen molar-refractivity contribution in [3.63, 3.8) is 0 Å². The van der Waals surface area contributed by atoms with Crippen molar-refractivity contribution in [3.8, 4) is 0 Å². The van der Waals surface area contributed by atoms with Gasteiger partial charge in [0.2, 0.25) is 0 Å². The van der Waals surface area contributed by atoms with Gasteiger partial charge < -0.3 is 19.7 Å². The molecule has 23 heavy (non-hydrogen) atoms. The van der Waals surface area contributed by atoms with Crippen LogP contribution < -0.4 is 5.32 Å². The first kappa shape index (κ1) is 19.7. The van der Waals surface area contributed by atoms with E-state index in [4.69, 9.17) is 9.47 Å². The van der Waals surface area contributed by atoms with Crippen molar-refractivity contribution in [1.29, 1.82) is 0 Å². The smallest absolute Gasteiger partial charge is 0.410 e. The minimum Gasteiger partial charge on any atom is -0.459 e. The first-order valence-electron chi connectivity index (χ1n) is 8.31. The third-order valence-corrected chi connectivity index (χ3v) is 3.41. The Bertz CT molecular complexity index is 423. The summed E-state index contributed by atoms with van der Waals surface area (Å²) in [5.74, 6) is 0.0758. The van der Waals surface area contributed by atoms with Crippen molar-refractivity contribution in [3.05, 3.63) is 0 Å². The van der Waals surface area contributed by atoms with Gasteiger partial charge in [0.05, 0.1) is 0 Å². The highest BCUT2D eigenvalue weighted by Gasteiger charge is 2.30. The third kappa shape index (κ3) is 7.68. The molecule has 0 aromatic rings. The Morgan fingerprint density at radius 1 is 1.13 bits per heavy atom. The average Bonchev–Trinajstić information content (AvgIpc) is 2.80. The molecule has 2 unspecified atom stereocenters. The van der Waals surface area contributed by atoms with Crippen LogP contribution in [0.15, 0.2) is 0 Å². The second-order valence-electron chi connectivity index (χ2n) is 8.24. The molecule has 1 aliphatic rings. The van der Waals surface area contributed by atoms with Crippen LogP contribution in [0.2, 0.25) is 0 Å². The van der Waals surface area contributed by atoms with Crippen LogP contribution in [0.4, 0.5) is 4.79 Å². The lowest BCUT2D eigenvalue weighted by atomic mass is 10.1. The minimum atomic E-state index is -0.478. The zero-order valence-corrected chi connectivity index (χ0v) is 15.6. The van der Waals surface area contributed by atoms with Crippen LogP contribution in [0.25, 0.3) is 0 Å². The molecular weight excluding hydrogens is 296 g/mol. The van der Waals surface area contributed by atoms with Gasteiger partial charge in [0.15, 0.2) is 0 Å². The van der Waals surface area contributed by atoms with Crippen molar-refractivity contribution >= 4 is 12.1 Å². The predicted molar refractivity (Wildman–Crippen MR) is 89.2 cm³/mol. The van der Waals surface area contributed by atoms with E-state index in [0.717, 1.165) is 6.42 Å². The molecule has 1 saturated heterocycles. The van der Waals surface area contributed by atoms with Crippen LogP contribution in [0.3, 0.4) is 0 Å². The van der Waals surface area contributed by atoms with Crippen molar-refractivity contribution in [1.82, 2.24) is 10.2 Å². The summed E-state index contributed by atoms with van der Waals surface area (Å²) in [6.45, 7) is 15.0. The monoisotopic (exact) mass is 328 g/mol. The van der Waals surface area contributed by atoms with E-state index < -0.39 is 11.2 Å². The number of amides is 1. The molecule has 2 atom stereocenters. The van der Waals surface area contributed by atoms with Gasteiger partial charge in [-0.3, -0.25) is 4.79 Å². The Morgan fingerprint density at radius 3 is 2.22 bits per heavy atom. The summed E-state index contributed by atoms with van der Waals surface area (Å²) in [6.07, 6.45) is 0.646. The summed E-state index contributed by atoms with van der Waals surface area (Å²) in [5, 5.41) is 3.20. The molecule has 0 saturated carbocycles. The average molecular weight is 328 g/mol. The summed E-state index contributed by atoms with van der Waals surface area (Å²) in [7, 11) is 0. The van der Waals surface area contributed by atoms with Crippen molar-refractivity contribution < 1.29 is 19.1 Å². The Morgan fingerprint density at radius 2 is 1.70 bits per heavy atom. The van der Waals surface area contributed by atoms with Gasteiger partial charge in [0, 0.05) is 19.6 Å². The zero-order chi connectivity index (χ0) is 17.8. The van der Waals surface area contributed by atoms with Gasteiger partial charge in [0.1, 0.15) is 17.2 Å². The molecule has 134 valence electrons. The van der Waals surface area contributed by atoms with E-state index in [1.54, 1.807) is 11.8 Å². The second-order valence-corrected chi connectivity index (χ2v) is 8.24. The highest BCUT2D eigenvalue weighted by atomic mass is 16.6. The van der Waals surface area contributed by atoms with E-state index in [1.165, 1.54) is 0 Å². The molecule has 6 nitrogen and oxygen atoms in total. The summed E-state index contributed by atoms with van der Waals surface area (Å²) < 4.78 is 10.7. The zero-order valence-electron chi connectivity index (χ0n) is 15.6. The van der Waals surface area contributed by atoms with Crippen LogP contribution in [0.5, 0.6) is 0 Å². The lowest BCUT2D eigenvalue weighted by Gasteiger charge is -2.25. The molecule has 1 amide bonds. The Hall–Kier alpha value is -1.30. The third-order valence-electron chi connectivity index (χ3n) is 3.41. The Labute approximate surface area is 139 Å². The van der Waals surface area contributed by atoms with Gasteiger partial charge in [-0.1, -0.05) is 0 Å².